The van der Waals surface area contributed by atoms with Crippen molar-refractivity contribution in [2.24, 2.45) is 0 Å². The van der Waals surface area contributed by atoms with Crippen LogP contribution in [0.5, 0.6) is 0 Å². The van der Waals surface area contributed by atoms with Gasteiger partial charge in [-0.15, -0.1) is 0 Å². The number of benzene rings is 1. The molecule has 0 fully saturated rings. The molecule has 0 radical (unpaired) electrons. The third kappa shape index (κ3) is 6.50. The highest BCUT2D eigenvalue weighted by Gasteiger charge is 2.14. The van der Waals surface area contributed by atoms with Crippen LogP contribution in [0.3, 0.4) is 0 Å². The van der Waals surface area contributed by atoms with Crippen molar-refractivity contribution in [1.82, 2.24) is 4.90 Å². The Morgan fingerprint density at radius 1 is 1.13 bits per heavy atom. The van der Waals surface area contributed by atoms with Crippen molar-refractivity contribution < 1.29 is 19.1 Å². The van der Waals surface area contributed by atoms with E-state index in [2.05, 4.69) is 5.32 Å². The summed E-state index contributed by atoms with van der Waals surface area (Å²) in [6.07, 6.45) is 1.72. The van der Waals surface area contributed by atoms with Gasteiger partial charge in [0.2, 0.25) is 11.8 Å². The van der Waals surface area contributed by atoms with Crippen molar-refractivity contribution in [1.29, 1.82) is 0 Å². The molecule has 0 aliphatic rings. The first-order valence-electron chi connectivity index (χ1n) is 7.78. The molecule has 0 heterocycles. The molecule has 0 aromatic heterocycles. The Morgan fingerprint density at radius 2 is 1.78 bits per heavy atom. The predicted octanol–water partition coefficient (Wildman–Crippen LogP) is 2.45. The minimum Gasteiger partial charge on any atom is -0.462 e. The molecule has 0 aliphatic heterocycles. The van der Waals surface area contributed by atoms with Gasteiger partial charge in [0, 0.05) is 19.3 Å². The molecule has 1 N–H and O–H groups in total. The molecule has 6 nitrogen and oxygen atoms in total. The van der Waals surface area contributed by atoms with Crippen LogP contribution in [0.15, 0.2) is 24.3 Å². The Labute approximate surface area is 136 Å². The smallest absolute Gasteiger partial charge is 0.338 e. The lowest BCUT2D eigenvalue weighted by molar-refractivity contribution is -0.133. The Bertz CT molecular complexity index is 540. The highest BCUT2D eigenvalue weighted by molar-refractivity contribution is 6.03. The largest absolute Gasteiger partial charge is 0.462 e. The summed E-state index contributed by atoms with van der Waals surface area (Å²) in [4.78, 5) is 36.8. The normalized spacial score (nSPS) is 10.0. The maximum atomic E-state index is 11.9. The average molecular weight is 320 g/mol. The minimum atomic E-state index is -0.405. The van der Waals surface area contributed by atoms with Crippen LogP contribution in [-0.2, 0) is 14.3 Å². The fourth-order valence-corrected chi connectivity index (χ4v) is 1.90. The van der Waals surface area contributed by atoms with Gasteiger partial charge in [-0.2, -0.15) is 0 Å². The molecule has 0 bridgehead atoms. The number of hydrogen-bond acceptors (Lipinski definition) is 4. The van der Waals surface area contributed by atoms with Crippen molar-refractivity contribution in [2.45, 2.75) is 33.1 Å². The summed E-state index contributed by atoms with van der Waals surface area (Å²) in [5.41, 5.74) is 0.951. The van der Waals surface area contributed by atoms with Gasteiger partial charge >= 0.3 is 5.97 Å². The summed E-state index contributed by atoms with van der Waals surface area (Å²) >= 11 is 0. The van der Waals surface area contributed by atoms with E-state index in [4.69, 9.17) is 4.74 Å². The number of anilines is 1. The number of amides is 2. The number of carbonyl (C=O) groups is 3. The number of carbonyl (C=O) groups excluding carboxylic acids is 3. The Hall–Kier alpha value is -2.37. The molecule has 1 aromatic carbocycles. The summed E-state index contributed by atoms with van der Waals surface area (Å²) in [5, 5.41) is 2.64. The number of nitrogens with zero attached hydrogens (tertiary/aromatic N) is 1. The highest BCUT2D eigenvalue weighted by Crippen LogP contribution is 2.11. The summed E-state index contributed by atoms with van der Waals surface area (Å²) in [6, 6.07) is 6.36. The van der Waals surface area contributed by atoms with E-state index < -0.39 is 5.97 Å². The van der Waals surface area contributed by atoms with Crippen LogP contribution in [-0.4, -0.2) is 42.9 Å². The van der Waals surface area contributed by atoms with Gasteiger partial charge in [-0.1, -0.05) is 13.3 Å². The number of esters is 1. The van der Waals surface area contributed by atoms with Gasteiger partial charge in [-0.25, -0.2) is 4.79 Å². The molecular weight excluding hydrogens is 296 g/mol. The zero-order valence-corrected chi connectivity index (χ0v) is 13.9. The monoisotopic (exact) mass is 320 g/mol. The maximum Gasteiger partial charge on any atom is 0.338 e. The quantitative estimate of drug-likeness (QED) is 0.589. The van der Waals surface area contributed by atoms with Gasteiger partial charge in [0.25, 0.3) is 0 Å². The van der Waals surface area contributed by atoms with Crippen LogP contribution in [0.1, 0.15) is 43.5 Å². The molecule has 0 aliphatic carbocycles. The van der Waals surface area contributed by atoms with E-state index >= 15 is 0 Å². The first-order valence-corrected chi connectivity index (χ1v) is 7.78. The van der Waals surface area contributed by atoms with Crippen LogP contribution in [0, 0.1) is 0 Å². The zero-order chi connectivity index (χ0) is 17.2. The molecule has 6 heteroatoms. The van der Waals surface area contributed by atoms with Crippen LogP contribution >= 0.6 is 0 Å². The fourth-order valence-electron chi connectivity index (χ4n) is 1.90. The van der Waals surface area contributed by atoms with E-state index in [1.807, 2.05) is 6.92 Å². The van der Waals surface area contributed by atoms with Crippen molar-refractivity contribution in [3.05, 3.63) is 29.8 Å². The van der Waals surface area contributed by atoms with Crippen LogP contribution in [0.4, 0.5) is 5.69 Å². The second kappa shape index (κ2) is 9.61. The lowest BCUT2D eigenvalue weighted by atomic mass is 10.2. The third-order valence-corrected chi connectivity index (χ3v) is 3.26. The van der Waals surface area contributed by atoms with Crippen molar-refractivity contribution in [3.8, 4) is 0 Å². The van der Waals surface area contributed by atoms with Crippen molar-refractivity contribution in [2.75, 3.05) is 25.5 Å². The van der Waals surface area contributed by atoms with E-state index in [-0.39, 0.29) is 18.2 Å². The Balaban J connectivity index is 2.51. The number of nitrogens with one attached hydrogen (secondary N) is 1. The molecule has 0 saturated carbocycles. The molecule has 0 atom stereocenters. The topological polar surface area (TPSA) is 75.7 Å². The number of unbranched alkanes of at least 4 members (excludes halogenated alkanes) is 1. The number of hydrogen-bond donors (Lipinski definition) is 1. The molecule has 23 heavy (non-hydrogen) atoms. The first-order chi connectivity index (χ1) is 11.0. The van der Waals surface area contributed by atoms with Crippen molar-refractivity contribution >= 4 is 23.5 Å². The van der Waals surface area contributed by atoms with E-state index in [9.17, 15) is 14.4 Å². The number of rotatable bonds is 8. The molecule has 1 aromatic rings. The second-order valence-electron chi connectivity index (χ2n) is 5.19. The van der Waals surface area contributed by atoms with Crippen LogP contribution in [0.25, 0.3) is 0 Å². The summed E-state index contributed by atoms with van der Waals surface area (Å²) < 4.78 is 4.88. The molecule has 2 amide bonds. The van der Waals surface area contributed by atoms with E-state index in [0.29, 0.717) is 24.4 Å². The molecule has 126 valence electrons. The molecule has 0 spiro atoms. The average Bonchev–Trinajstić information content (AvgIpc) is 2.53. The Morgan fingerprint density at radius 3 is 2.35 bits per heavy atom. The SMILES string of the molecule is CCCCN(C)C(=O)CC(=O)Nc1ccc(C(=O)OCC)cc1. The summed E-state index contributed by atoms with van der Waals surface area (Å²) in [7, 11) is 1.69. The first kappa shape index (κ1) is 18.7. The fraction of sp³-hybridized carbons (Fsp3) is 0.471. The predicted molar refractivity (Wildman–Crippen MR) is 88.2 cm³/mol. The van der Waals surface area contributed by atoms with Crippen LogP contribution < -0.4 is 5.32 Å². The molecule has 1 rings (SSSR count). The van der Waals surface area contributed by atoms with Gasteiger partial charge in [0.05, 0.1) is 12.2 Å². The third-order valence-electron chi connectivity index (χ3n) is 3.26. The van der Waals surface area contributed by atoms with Crippen LogP contribution in [0.2, 0.25) is 0 Å². The standard InChI is InChI=1S/C17H24N2O4/c1-4-6-11-19(3)16(21)12-15(20)18-14-9-7-13(8-10-14)17(22)23-5-2/h7-10H,4-6,11-12H2,1-3H3,(H,18,20). The van der Waals surface area contributed by atoms with Crippen molar-refractivity contribution in [3.63, 3.8) is 0 Å². The van der Waals surface area contributed by atoms with Gasteiger partial charge in [0.1, 0.15) is 6.42 Å². The maximum absolute atomic E-state index is 11.9. The van der Waals surface area contributed by atoms with Gasteiger partial charge < -0.3 is 15.0 Å². The molecule has 0 saturated heterocycles. The zero-order valence-electron chi connectivity index (χ0n) is 13.9. The summed E-state index contributed by atoms with van der Waals surface area (Å²) in [6.45, 7) is 4.74. The lowest BCUT2D eigenvalue weighted by Gasteiger charge is -2.16. The minimum absolute atomic E-state index is 0.195. The Kier molecular flexibility index (Phi) is 7.80. The lowest BCUT2D eigenvalue weighted by Crippen LogP contribution is -2.31. The van der Waals surface area contributed by atoms with E-state index in [1.165, 1.54) is 0 Å². The van der Waals surface area contributed by atoms with Gasteiger partial charge in [-0.05, 0) is 37.6 Å². The molecular formula is C17H24N2O4. The second-order valence-corrected chi connectivity index (χ2v) is 5.19. The van der Waals surface area contributed by atoms with Gasteiger partial charge in [-0.3, -0.25) is 9.59 Å². The highest BCUT2D eigenvalue weighted by atomic mass is 16.5. The van der Waals surface area contributed by atoms with E-state index in [0.717, 1.165) is 12.8 Å². The van der Waals surface area contributed by atoms with Gasteiger partial charge in [0.15, 0.2) is 0 Å². The molecule has 0 unspecified atom stereocenters. The number of ether oxygens (including phenoxy) is 1. The van der Waals surface area contributed by atoms with E-state index in [1.54, 1.807) is 43.1 Å². The summed E-state index contributed by atoms with van der Waals surface area (Å²) in [5.74, 6) is -0.987.